The lowest BCUT2D eigenvalue weighted by molar-refractivity contribution is 0.415. The number of hydrogen-bond donors (Lipinski definition) is 0. The van der Waals surface area contributed by atoms with Gasteiger partial charge in [0.2, 0.25) is 5.13 Å². The largest absolute Gasteiger partial charge is 0.497 e. The Morgan fingerprint density at radius 3 is 2.48 bits per heavy atom. The summed E-state index contributed by atoms with van der Waals surface area (Å²) in [6.07, 6.45) is 0.856. The highest BCUT2D eigenvalue weighted by molar-refractivity contribution is 7.13. The average molecular weight is 349 g/mol. The first-order valence-corrected chi connectivity index (χ1v) is 9.11. The van der Waals surface area contributed by atoms with Crippen LogP contribution in [0.3, 0.4) is 0 Å². The third kappa shape index (κ3) is 3.15. The molecule has 25 heavy (non-hydrogen) atoms. The molecule has 0 N–H and O–H groups in total. The van der Waals surface area contributed by atoms with Gasteiger partial charge in [0.1, 0.15) is 5.75 Å². The first-order chi connectivity index (χ1) is 12.2. The maximum Gasteiger partial charge on any atom is 0.206 e. The van der Waals surface area contributed by atoms with Gasteiger partial charge in [-0.1, -0.05) is 30.3 Å². The van der Waals surface area contributed by atoms with E-state index < -0.39 is 0 Å². The molecule has 0 aliphatic carbocycles. The van der Waals surface area contributed by atoms with E-state index in [-0.39, 0.29) is 6.04 Å². The average Bonchev–Trinajstić information content (AvgIpc) is 3.29. The van der Waals surface area contributed by atoms with Crippen LogP contribution in [0.4, 0.5) is 5.13 Å². The van der Waals surface area contributed by atoms with Crippen LogP contribution in [0, 0.1) is 6.92 Å². The maximum absolute atomic E-state index is 5.26. The molecule has 0 unspecified atom stereocenters. The second-order valence-electron chi connectivity index (χ2n) is 6.02. The van der Waals surface area contributed by atoms with E-state index in [9.17, 15) is 0 Å². The van der Waals surface area contributed by atoms with Gasteiger partial charge in [0.05, 0.1) is 24.6 Å². The molecule has 0 saturated heterocycles. The van der Waals surface area contributed by atoms with Crippen molar-refractivity contribution >= 4 is 22.2 Å². The highest BCUT2D eigenvalue weighted by atomic mass is 32.1. The predicted molar refractivity (Wildman–Crippen MR) is 103 cm³/mol. The molecular formula is C20H19N3OS. The fourth-order valence-electron chi connectivity index (χ4n) is 3.03. The number of hydrogen-bond acceptors (Lipinski definition) is 5. The quantitative estimate of drug-likeness (QED) is 0.678. The second-order valence-corrected chi connectivity index (χ2v) is 6.86. The summed E-state index contributed by atoms with van der Waals surface area (Å²) in [5.74, 6) is 0.856. The summed E-state index contributed by atoms with van der Waals surface area (Å²) >= 11 is 1.64. The number of nitrogens with zero attached hydrogens (tertiary/aromatic N) is 3. The summed E-state index contributed by atoms with van der Waals surface area (Å²) in [6, 6.07) is 18.8. The van der Waals surface area contributed by atoms with E-state index in [1.54, 1.807) is 18.4 Å². The Balaban J connectivity index is 1.71. The van der Waals surface area contributed by atoms with Gasteiger partial charge >= 0.3 is 0 Å². The van der Waals surface area contributed by atoms with Crippen molar-refractivity contribution in [1.29, 1.82) is 0 Å². The molecule has 3 aromatic rings. The fourth-order valence-corrected chi connectivity index (χ4v) is 3.83. The smallest absolute Gasteiger partial charge is 0.206 e. The van der Waals surface area contributed by atoms with Gasteiger partial charge in [0.25, 0.3) is 0 Å². The van der Waals surface area contributed by atoms with Gasteiger partial charge < -0.3 is 4.74 Å². The van der Waals surface area contributed by atoms with E-state index in [4.69, 9.17) is 9.84 Å². The second kappa shape index (κ2) is 6.69. The number of rotatable bonds is 4. The minimum atomic E-state index is 0.170. The summed E-state index contributed by atoms with van der Waals surface area (Å²) in [5, 5.41) is 9.98. The van der Waals surface area contributed by atoms with Gasteiger partial charge in [-0.05, 0) is 42.3 Å². The van der Waals surface area contributed by atoms with E-state index >= 15 is 0 Å². The Bertz CT molecular complexity index is 887. The van der Waals surface area contributed by atoms with Crippen molar-refractivity contribution in [3.8, 4) is 5.75 Å². The number of aromatic nitrogens is 1. The first-order valence-electron chi connectivity index (χ1n) is 8.23. The molecule has 0 amide bonds. The minimum Gasteiger partial charge on any atom is -0.497 e. The zero-order valence-electron chi connectivity index (χ0n) is 14.2. The first kappa shape index (κ1) is 15.8. The molecule has 2 aromatic carbocycles. The Hall–Kier alpha value is -2.66. The normalized spacial score (nSPS) is 16.8. The summed E-state index contributed by atoms with van der Waals surface area (Å²) < 4.78 is 5.26. The van der Waals surface area contributed by atoms with Crippen LogP contribution >= 0.6 is 11.3 Å². The van der Waals surface area contributed by atoms with E-state index in [2.05, 4.69) is 51.8 Å². The van der Waals surface area contributed by atoms with Crippen molar-refractivity contribution in [2.75, 3.05) is 12.1 Å². The van der Waals surface area contributed by atoms with Crippen LogP contribution in [-0.4, -0.2) is 17.8 Å². The number of methoxy groups -OCH3 is 1. The van der Waals surface area contributed by atoms with Crippen molar-refractivity contribution in [2.24, 2.45) is 5.10 Å². The zero-order valence-corrected chi connectivity index (χ0v) is 15.0. The lowest BCUT2D eigenvalue weighted by Crippen LogP contribution is -2.18. The van der Waals surface area contributed by atoms with E-state index in [1.807, 2.05) is 25.1 Å². The predicted octanol–water partition coefficient (Wildman–Crippen LogP) is 4.82. The SMILES string of the molecule is COc1ccc(C2=NN(c3nc(C)cs3)[C@H](c3ccccc3)C2)cc1. The number of benzene rings is 2. The number of ether oxygens (including phenoxy) is 1. The van der Waals surface area contributed by atoms with Crippen LogP contribution in [0.5, 0.6) is 5.75 Å². The van der Waals surface area contributed by atoms with Gasteiger partial charge in [-0.3, -0.25) is 0 Å². The Labute approximate surface area is 151 Å². The molecule has 126 valence electrons. The van der Waals surface area contributed by atoms with Gasteiger partial charge in [0.15, 0.2) is 0 Å². The maximum atomic E-state index is 5.26. The molecule has 1 aliphatic heterocycles. The fraction of sp³-hybridized carbons (Fsp3) is 0.200. The molecule has 4 nitrogen and oxygen atoms in total. The lowest BCUT2D eigenvalue weighted by Gasteiger charge is -2.21. The minimum absolute atomic E-state index is 0.170. The Morgan fingerprint density at radius 1 is 1.08 bits per heavy atom. The van der Waals surface area contributed by atoms with Crippen molar-refractivity contribution in [3.05, 3.63) is 76.8 Å². The monoisotopic (exact) mass is 349 g/mol. The summed E-state index contributed by atoms with van der Waals surface area (Å²) in [5.41, 5.74) is 4.48. The van der Waals surface area contributed by atoms with Crippen LogP contribution in [-0.2, 0) is 0 Å². The lowest BCUT2D eigenvalue weighted by atomic mass is 9.98. The molecule has 4 rings (SSSR count). The molecule has 1 aromatic heterocycles. The molecule has 0 saturated carbocycles. The number of aryl methyl sites for hydroxylation is 1. The van der Waals surface area contributed by atoms with Gasteiger partial charge in [-0.25, -0.2) is 9.99 Å². The van der Waals surface area contributed by atoms with E-state index in [0.717, 1.165) is 34.3 Å². The van der Waals surface area contributed by atoms with E-state index in [0.29, 0.717) is 0 Å². The molecule has 2 heterocycles. The van der Waals surface area contributed by atoms with Crippen molar-refractivity contribution in [2.45, 2.75) is 19.4 Å². The Kier molecular flexibility index (Phi) is 4.24. The van der Waals surface area contributed by atoms with Crippen molar-refractivity contribution in [3.63, 3.8) is 0 Å². The van der Waals surface area contributed by atoms with Gasteiger partial charge in [-0.2, -0.15) is 5.10 Å². The van der Waals surface area contributed by atoms with Crippen LogP contribution in [0.15, 0.2) is 65.1 Å². The van der Waals surface area contributed by atoms with Gasteiger partial charge in [0, 0.05) is 11.8 Å². The highest BCUT2D eigenvalue weighted by Gasteiger charge is 2.31. The molecule has 1 aliphatic rings. The van der Waals surface area contributed by atoms with Crippen LogP contribution in [0.2, 0.25) is 0 Å². The standard InChI is InChI=1S/C20H19N3OS/c1-14-13-25-20(21-14)23-19(16-6-4-3-5-7-16)12-18(22-23)15-8-10-17(24-2)11-9-15/h3-11,13,19H,12H2,1-2H3/t19-/m0/s1. The Morgan fingerprint density at radius 2 is 1.84 bits per heavy atom. The molecule has 0 radical (unpaired) electrons. The van der Waals surface area contributed by atoms with Crippen molar-refractivity contribution in [1.82, 2.24) is 4.98 Å². The third-order valence-corrected chi connectivity index (χ3v) is 5.27. The molecule has 0 bridgehead atoms. The summed E-state index contributed by atoms with van der Waals surface area (Å²) in [7, 11) is 1.68. The molecule has 1 atom stereocenters. The van der Waals surface area contributed by atoms with Crippen LogP contribution in [0.25, 0.3) is 0 Å². The number of anilines is 1. The molecule has 0 fully saturated rings. The summed E-state index contributed by atoms with van der Waals surface area (Å²) in [6.45, 7) is 2.02. The van der Waals surface area contributed by atoms with Crippen molar-refractivity contribution < 1.29 is 4.74 Å². The number of hydrazone groups is 1. The molecule has 5 heteroatoms. The summed E-state index contributed by atoms with van der Waals surface area (Å²) in [4.78, 5) is 4.64. The zero-order chi connectivity index (χ0) is 17.2. The molecule has 0 spiro atoms. The highest BCUT2D eigenvalue weighted by Crippen LogP contribution is 2.38. The molecular weight excluding hydrogens is 330 g/mol. The number of thiazole rings is 1. The third-order valence-electron chi connectivity index (χ3n) is 4.32. The van der Waals surface area contributed by atoms with Gasteiger partial charge in [-0.15, -0.1) is 11.3 Å². The van der Waals surface area contributed by atoms with E-state index in [1.165, 1.54) is 5.56 Å². The van der Waals surface area contributed by atoms with Crippen LogP contribution < -0.4 is 9.75 Å². The topological polar surface area (TPSA) is 37.7 Å². The van der Waals surface area contributed by atoms with Crippen LogP contribution in [0.1, 0.15) is 29.3 Å².